The molecular formula is C23H28ClN3O3S. The number of aromatic nitrogens is 2. The second kappa shape index (κ2) is 9.57. The Morgan fingerprint density at radius 2 is 1.87 bits per heavy atom. The van der Waals surface area contributed by atoms with Gasteiger partial charge in [-0.1, -0.05) is 23.7 Å². The zero-order chi connectivity index (χ0) is 21.8. The summed E-state index contributed by atoms with van der Waals surface area (Å²) in [6.45, 7) is 2.39. The summed E-state index contributed by atoms with van der Waals surface area (Å²) in [4.78, 5) is 19.0. The summed E-state index contributed by atoms with van der Waals surface area (Å²) in [5.41, 5.74) is 2.06. The van der Waals surface area contributed by atoms with Gasteiger partial charge in [-0.05, 0) is 49.5 Å². The lowest BCUT2D eigenvalue weighted by Gasteiger charge is -2.33. The molecule has 1 aromatic heterocycles. The van der Waals surface area contributed by atoms with Crippen LogP contribution in [-0.4, -0.2) is 47.6 Å². The van der Waals surface area contributed by atoms with Crippen molar-refractivity contribution in [2.24, 2.45) is 0 Å². The van der Waals surface area contributed by atoms with Gasteiger partial charge in [0.15, 0.2) is 9.84 Å². The van der Waals surface area contributed by atoms with Crippen LogP contribution in [0.1, 0.15) is 55.1 Å². The van der Waals surface area contributed by atoms with Crippen molar-refractivity contribution in [3.63, 3.8) is 0 Å². The van der Waals surface area contributed by atoms with Crippen LogP contribution in [0.15, 0.2) is 35.9 Å². The Morgan fingerprint density at radius 1 is 1.13 bits per heavy atom. The van der Waals surface area contributed by atoms with Gasteiger partial charge < -0.3 is 9.47 Å². The van der Waals surface area contributed by atoms with Crippen LogP contribution >= 0.6 is 11.6 Å². The summed E-state index contributed by atoms with van der Waals surface area (Å²) in [6, 6.07) is 6.92. The molecule has 1 saturated heterocycles. The predicted octanol–water partition coefficient (Wildman–Crippen LogP) is 4.05. The smallest absolute Gasteiger partial charge is 0.223 e. The van der Waals surface area contributed by atoms with Gasteiger partial charge in [-0.25, -0.2) is 13.4 Å². The Morgan fingerprint density at radius 3 is 2.61 bits per heavy atom. The van der Waals surface area contributed by atoms with Gasteiger partial charge in [0.1, 0.15) is 5.82 Å². The number of nitrogens with zero attached hydrogens (tertiary/aromatic N) is 3. The topological polar surface area (TPSA) is 72.3 Å². The van der Waals surface area contributed by atoms with E-state index in [4.69, 9.17) is 11.6 Å². The van der Waals surface area contributed by atoms with Gasteiger partial charge in [0.2, 0.25) is 5.91 Å². The lowest BCUT2D eigenvalue weighted by Crippen LogP contribution is -2.39. The zero-order valence-corrected chi connectivity index (χ0v) is 19.1. The fourth-order valence-electron chi connectivity index (χ4n) is 4.40. The highest BCUT2D eigenvalue weighted by atomic mass is 35.5. The first-order chi connectivity index (χ1) is 14.9. The maximum Gasteiger partial charge on any atom is 0.223 e. The van der Waals surface area contributed by atoms with E-state index < -0.39 is 9.84 Å². The number of aryl methyl sites for hydroxylation is 1. The standard InChI is InChI=1S/C23H28ClN3O3S/c24-20-6-4-18(5-7-20)10-15-31(29,30)16-11-23(28)26-13-8-19(9-14-26)21-17-25-22-3-1-2-12-27(21)22/h4-7,10,15,17,19H,1-3,8-9,11-14,16H2/b15-10+. The van der Waals surface area contributed by atoms with E-state index in [1.807, 2.05) is 11.1 Å². The van der Waals surface area contributed by atoms with Gasteiger partial charge in [-0.3, -0.25) is 4.79 Å². The summed E-state index contributed by atoms with van der Waals surface area (Å²) in [7, 11) is -3.45. The Hall–Kier alpha value is -2.12. The van der Waals surface area contributed by atoms with E-state index >= 15 is 0 Å². The molecule has 8 heteroatoms. The summed E-state index contributed by atoms with van der Waals surface area (Å²) in [6.07, 6.45) is 8.84. The molecule has 1 fully saturated rings. The number of rotatable bonds is 6. The molecule has 6 nitrogen and oxygen atoms in total. The molecule has 2 aromatic rings. The number of halogens is 1. The quantitative estimate of drug-likeness (QED) is 0.650. The van der Waals surface area contributed by atoms with Crippen molar-refractivity contribution in [1.82, 2.24) is 14.5 Å². The lowest BCUT2D eigenvalue weighted by atomic mass is 9.93. The van der Waals surface area contributed by atoms with Crippen LogP contribution in [0, 0.1) is 0 Å². The fraction of sp³-hybridized carbons (Fsp3) is 0.478. The zero-order valence-electron chi connectivity index (χ0n) is 17.5. The van der Waals surface area contributed by atoms with Crippen LogP contribution in [0.5, 0.6) is 0 Å². The number of fused-ring (bicyclic) bond motifs is 1. The second-order valence-corrected chi connectivity index (χ2v) is 10.8. The number of piperidine rings is 1. The number of hydrogen-bond donors (Lipinski definition) is 0. The molecule has 0 aliphatic carbocycles. The Labute approximate surface area is 188 Å². The number of amides is 1. The van der Waals surface area contributed by atoms with E-state index in [0.29, 0.717) is 24.0 Å². The van der Waals surface area contributed by atoms with Crippen LogP contribution in [-0.2, 0) is 27.6 Å². The molecular weight excluding hydrogens is 434 g/mol. The first-order valence-electron chi connectivity index (χ1n) is 10.9. The third kappa shape index (κ3) is 5.57. The highest BCUT2D eigenvalue weighted by Crippen LogP contribution is 2.30. The van der Waals surface area contributed by atoms with E-state index in [1.165, 1.54) is 35.8 Å². The molecule has 2 aliphatic rings. The molecule has 0 atom stereocenters. The average molecular weight is 462 g/mol. The number of benzene rings is 1. The molecule has 31 heavy (non-hydrogen) atoms. The maximum atomic E-state index is 12.6. The first-order valence-corrected chi connectivity index (χ1v) is 13.0. The minimum atomic E-state index is -3.45. The van der Waals surface area contributed by atoms with Crippen LogP contribution in [0.2, 0.25) is 5.02 Å². The van der Waals surface area contributed by atoms with Gasteiger partial charge >= 0.3 is 0 Å². The van der Waals surface area contributed by atoms with Gasteiger partial charge in [0.05, 0.1) is 5.75 Å². The van der Waals surface area contributed by atoms with Crippen molar-refractivity contribution in [3.05, 3.63) is 58.0 Å². The van der Waals surface area contributed by atoms with Gasteiger partial charge in [0, 0.05) is 60.7 Å². The maximum absolute atomic E-state index is 12.6. The average Bonchev–Trinajstić information content (AvgIpc) is 3.21. The number of sulfone groups is 1. The number of carbonyl (C=O) groups is 1. The summed E-state index contributed by atoms with van der Waals surface area (Å²) < 4.78 is 27.0. The highest BCUT2D eigenvalue weighted by molar-refractivity contribution is 7.94. The largest absolute Gasteiger partial charge is 0.343 e. The van der Waals surface area contributed by atoms with Crippen molar-refractivity contribution < 1.29 is 13.2 Å². The molecule has 0 saturated carbocycles. The monoisotopic (exact) mass is 461 g/mol. The Kier molecular flexibility index (Phi) is 6.82. The lowest BCUT2D eigenvalue weighted by molar-refractivity contribution is -0.131. The Balaban J connectivity index is 1.27. The number of hydrogen-bond acceptors (Lipinski definition) is 4. The second-order valence-electron chi connectivity index (χ2n) is 8.33. The van der Waals surface area contributed by atoms with Crippen LogP contribution in [0.4, 0.5) is 0 Å². The van der Waals surface area contributed by atoms with Crippen molar-refractivity contribution in [1.29, 1.82) is 0 Å². The molecule has 4 rings (SSSR count). The molecule has 1 aromatic carbocycles. The van der Waals surface area contributed by atoms with Crippen molar-refractivity contribution in [2.45, 2.75) is 51.0 Å². The molecule has 0 bridgehead atoms. The molecule has 0 N–H and O–H groups in total. The van der Waals surface area contributed by atoms with Crippen molar-refractivity contribution in [2.75, 3.05) is 18.8 Å². The van der Waals surface area contributed by atoms with Crippen LogP contribution in [0.25, 0.3) is 6.08 Å². The van der Waals surface area contributed by atoms with Crippen LogP contribution in [0.3, 0.4) is 0 Å². The van der Waals surface area contributed by atoms with E-state index in [9.17, 15) is 13.2 Å². The van der Waals surface area contributed by atoms with Gasteiger partial charge in [0.25, 0.3) is 0 Å². The van der Waals surface area contributed by atoms with Crippen molar-refractivity contribution >= 4 is 33.4 Å². The summed E-state index contributed by atoms with van der Waals surface area (Å²) in [5, 5.41) is 1.78. The van der Waals surface area contributed by atoms with Gasteiger partial charge in [-0.2, -0.15) is 0 Å². The molecule has 0 radical (unpaired) electrons. The summed E-state index contributed by atoms with van der Waals surface area (Å²) in [5.74, 6) is 1.36. The van der Waals surface area contributed by atoms with Crippen LogP contribution < -0.4 is 0 Å². The van der Waals surface area contributed by atoms with E-state index in [-0.39, 0.29) is 18.1 Å². The van der Waals surface area contributed by atoms with E-state index in [2.05, 4.69) is 9.55 Å². The van der Waals surface area contributed by atoms with E-state index in [0.717, 1.165) is 31.4 Å². The third-order valence-corrected chi connectivity index (χ3v) is 7.78. The number of imidazole rings is 1. The van der Waals surface area contributed by atoms with Gasteiger partial charge in [-0.15, -0.1) is 0 Å². The highest BCUT2D eigenvalue weighted by Gasteiger charge is 2.27. The molecule has 0 unspecified atom stereocenters. The Bertz CT molecular complexity index is 1050. The minimum absolute atomic E-state index is 0.0139. The predicted molar refractivity (Wildman–Crippen MR) is 123 cm³/mol. The number of carbonyl (C=O) groups excluding carboxylic acids is 1. The SMILES string of the molecule is O=C(CCS(=O)(=O)/C=C/c1ccc(Cl)cc1)N1CCC(c2cnc3n2CCCC3)CC1. The molecule has 0 spiro atoms. The third-order valence-electron chi connectivity index (χ3n) is 6.21. The van der Waals surface area contributed by atoms with Crippen molar-refractivity contribution in [3.8, 4) is 0 Å². The molecule has 2 aliphatic heterocycles. The normalized spacial score (nSPS) is 17.8. The summed E-state index contributed by atoms with van der Waals surface area (Å²) >= 11 is 5.84. The first kappa shape index (κ1) is 22.1. The fourth-order valence-corrected chi connectivity index (χ4v) is 5.49. The molecule has 166 valence electrons. The number of likely N-dealkylation sites (tertiary alicyclic amines) is 1. The van der Waals surface area contributed by atoms with E-state index in [1.54, 1.807) is 24.3 Å². The molecule has 3 heterocycles. The molecule has 1 amide bonds. The minimum Gasteiger partial charge on any atom is -0.343 e.